The molecular formula is C23H19NO4. The van der Waals surface area contributed by atoms with Crippen LogP contribution < -0.4 is 14.8 Å². The number of benzene rings is 3. The first-order valence-electron chi connectivity index (χ1n) is 8.81. The van der Waals surface area contributed by atoms with Gasteiger partial charge in [-0.2, -0.15) is 0 Å². The summed E-state index contributed by atoms with van der Waals surface area (Å²) in [6.07, 6.45) is 0. The highest BCUT2D eigenvalue weighted by atomic mass is 16.5. The first kappa shape index (κ1) is 17.7. The number of furan rings is 1. The SMILES string of the molecule is COc1cccc(OC)c1C(=O)Nc1ccc(-c2cc3ccccc3o2)cc1. The molecule has 1 aromatic heterocycles. The minimum absolute atomic E-state index is 0.300. The normalized spacial score (nSPS) is 10.6. The molecule has 0 bridgehead atoms. The van der Waals surface area contributed by atoms with Gasteiger partial charge in [-0.15, -0.1) is 0 Å². The van der Waals surface area contributed by atoms with Gasteiger partial charge in [-0.05, 0) is 48.5 Å². The van der Waals surface area contributed by atoms with E-state index in [-0.39, 0.29) is 5.91 Å². The minimum Gasteiger partial charge on any atom is -0.496 e. The number of nitrogens with one attached hydrogen (secondary N) is 1. The van der Waals surface area contributed by atoms with Crippen molar-refractivity contribution in [2.45, 2.75) is 0 Å². The van der Waals surface area contributed by atoms with E-state index in [1.807, 2.05) is 54.6 Å². The third-order valence-corrected chi connectivity index (χ3v) is 4.51. The Hall–Kier alpha value is -3.73. The van der Waals surface area contributed by atoms with Gasteiger partial charge in [-0.1, -0.05) is 24.3 Å². The van der Waals surface area contributed by atoms with E-state index in [2.05, 4.69) is 5.32 Å². The van der Waals surface area contributed by atoms with Crippen LogP contribution in [0.2, 0.25) is 0 Å². The molecule has 3 aromatic carbocycles. The van der Waals surface area contributed by atoms with E-state index in [1.54, 1.807) is 18.2 Å². The quantitative estimate of drug-likeness (QED) is 0.511. The van der Waals surface area contributed by atoms with Crippen molar-refractivity contribution in [1.29, 1.82) is 0 Å². The van der Waals surface area contributed by atoms with Crippen LogP contribution in [0.3, 0.4) is 0 Å². The average Bonchev–Trinajstić information content (AvgIpc) is 3.17. The van der Waals surface area contributed by atoms with Crippen molar-refractivity contribution in [1.82, 2.24) is 0 Å². The largest absolute Gasteiger partial charge is 0.496 e. The molecule has 0 aliphatic carbocycles. The van der Waals surface area contributed by atoms with Gasteiger partial charge in [-0.25, -0.2) is 0 Å². The monoisotopic (exact) mass is 373 g/mol. The number of anilines is 1. The molecule has 0 fully saturated rings. The number of para-hydroxylation sites is 1. The predicted molar refractivity (Wildman–Crippen MR) is 109 cm³/mol. The maximum Gasteiger partial charge on any atom is 0.263 e. The number of hydrogen-bond acceptors (Lipinski definition) is 4. The van der Waals surface area contributed by atoms with Crippen LogP contribution in [-0.4, -0.2) is 20.1 Å². The summed E-state index contributed by atoms with van der Waals surface area (Å²) in [4.78, 5) is 12.8. The second kappa shape index (κ2) is 7.48. The Labute approximate surface area is 162 Å². The zero-order valence-electron chi connectivity index (χ0n) is 15.6. The number of hydrogen-bond donors (Lipinski definition) is 1. The van der Waals surface area contributed by atoms with E-state index in [4.69, 9.17) is 13.9 Å². The average molecular weight is 373 g/mol. The molecule has 0 atom stereocenters. The van der Waals surface area contributed by atoms with Crippen molar-refractivity contribution in [2.24, 2.45) is 0 Å². The lowest BCUT2D eigenvalue weighted by Crippen LogP contribution is -2.14. The first-order valence-corrected chi connectivity index (χ1v) is 8.81. The van der Waals surface area contributed by atoms with E-state index in [0.29, 0.717) is 22.7 Å². The van der Waals surface area contributed by atoms with E-state index in [0.717, 1.165) is 22.3 Å². The summed E-state index contributed by atoms with van der Waals surface area (Å²) in [6.45, 7) is 0. The van der Waals surface area contributed by atoms with E-state index in [9.17, 15) is 4.79 Å². The Morgan fingerprint density at radius 1 is 0.857 bits per heavy atom. The topological polar surface area (TPSA) is 60.7 Å². The summed E-state index contributed by atoms with van der Waals surface area (Å²) in [6, 6.07) is 22.6. The van der Waals surface area contributed by atoms with Crippen molar-refractivity contribution in [2.75, 3.05) is 19.5 Å². The Morgan fingerprint density at radius 3 is 2.18 bits per heavy atom. The smallest absolute Gasteiger partial charge is 0.263 e. The van der Waals surface area contributed by atoms with Gasteiger partial charge in [0.1, 0.15) is 28.4 Å². The molecule has 0 saturated carbocycles. The third kappa shape index (κ3) is 3.30. The van der Waals surface area contributed by atoms with Crippen molar-refractivity contribution >= 4 is 22.6 Å². The molecule has 5 nitrogen and oxygen atoms in total. The summed E-state index contributed by atoms with van der Waals surface area (Å²) >= 11 is 0. The molecule has 140 valence electrons. The number of rotatable bonds is 5. The lowest BCUT2D eigenvalue weighted by molar-refractivity contribution is 0.102. The summed E-state index contributed by atoms with van der Waals surface area (Å²) in [5.74, 6) is 1.39. The van der Waals surface area contributed by atoms with Crippen LogP contribution >= 0.6 is 0 Å². The molecule has 0 aliphatic rings. The Bertz CT molecular complexity index is 1070. The molecule has 1 amide bonds. The van der Waals surface area contributed by atoms with Crippen molar-refractivity contribution in [3.8, 4) is 22.8 Å². The van der Waals surface area contributed by atoms with Gasteiger partial charge in [0.15, 0.2) is 0 Å². The lowest BCUT2D eigenvalue weighted by Gasteiger charge is -2.13. The molecule has 0 spiro atoms. The summed E-state index contributed by atoms with van der Waals surface area (Å²) in [5, 5.41) is 3.94. The zero-order chi connectivity index (χ0) is 19.5. The Morgan fingerprint density at radius 2 is 1.54 bits per heavy atom. The van der Waals surface area contributed by atoms with Crippen LogP contribution in [0.4, 0.5) is 5.69 Å². The fraction of sp³-hybridized carbons (Fsp3) is 0.0870. The van der Waals surface area contributed by atoms with Crippen LogP contribution in [0, 0.1) is 0 Å². The van der Waals surface area contributed by atoms with Crippen LogP contribution in [0.15, 0.2) is 77.2 Å². The van der Waals surface area contributed by atoms with Gasteiger partial charge >= 0.3 is 0 Å². The number of methoxy groups -OCH3 is 2. The zero-order valence-corrected chi connectivity index (χ0v) is 15.6. The Kier molecular flexibility index (Phi) is 4.72. The second-order valence-electron chi connectivity index (χ2n) is 6.22. The van der Waals surface area contributed by atoms with Crippen LogP contribution in [-0.2, 0) is 0 Å². The van der Waals surface area contributed by atoms with Crippen molar-refractivity contribution in [3.63, 3.8) is 0 Å². The minimum atomic E-state index is -0.300. The van der Waals surface area contributed by atoms with Gasteiger partial charge in [0, 0.05) is 16.6 Å². The van der Waals surface area contributed by atoms with Crippen LogP contribution in [0.25, 0.3) is 22.3 Å². The molecular weight excluding hydrogens is 354 g/mol. The maximum absolute atomic E-state index is 12.8. The van der Waals surface area contributed by atoms with Gasteiger partial charge < -0.3 is 19.2 Å². The van der Waals surface area contributed by atoms with Crippen molar-refractivity contribution < 1.29 is 18.7 Å². The molecule has 0 unspecified atom stereocenters. The van der Waals surface area contributed by atoms with Crippen LogP contribution in [0.1, 0.15) is 10.4 Å². The fourth-order valence-corrected chi connectivity index (χ4v) is 3.11. The third-order valence-electron chi connectivity index (χ3n) is 4.51. The number of carbonyl (C=O) groups is 1. The van der Waals surface area contributed by atoms with Crippen LogP contribution in [0.5, 0.6) is 11.5 Å². The van der Waals surface area contributed by atoms with Crippen molar-refractivity contribution in [3.05, 3.63) is 78.4 Å². The molecule has 4 aromatic rings. The van der Waals surface area contributed by atoms with Gasteiger partial charge in [0.05, 0.1) is 14.2 Å². The van der Waals surface area contributed by atoms with E-state index >= 15 is 0 Å². The highest BCUT2D eigenvalue weighted by molar-refractivity contribution is 6.08. The molecule has 1 N–H and O–H groups in total. The standard InChI is InChI=1S/C23H19NO4/c1-26-19-8-5-9-20(27-2)22(19)23(25)24-17-12-10-15(11-13-17)21-14-16-6-3-4-7-18(16)28-21/h3-14H,1-2H3,(H,24,25). The fourth-order valence-electron chi connectivity index (χ4n) is 3.11. The molecule has 0 saturated heterocycles. The molecule has 5 heteroatoms. The van der Waals surface area contributed by atoms with E-state index in [1.165, 1.54) is 14.2 Å². The predicted octanol–water partition coefficient (Wildman–Crippen LogP) is 5.37. The molecule has 1 heterocycles. The first-order chi connectivity index (χ1) is 13.7. The number of amides is 1. The number of ether oxygens (including phenoxy) is 2. The Balaban J connectivity index is 1.57. The molecule has 0 radical (unpaired) electrons. The summed E-state index contributed by atoms with van der Waals surface area (Å²) < 4.78 is 16.5. The highest BCUT2D eigenvalue weighted by Gasteiger charge is 2.18. The van der Waals surface area contributed by atoms with Gasteiger partial charge in [0.25, 0.3) is 5.91 Å². The molecule has 4 rings (SSSR count). The summed E-state index contributed by atoms with van der Waals surface area (Å²) in [7, 11) is 3.04. The molecule has 28 heavy (non-hydrogen) atoms. The molecule has 0 aliphatic heterocycles. The highest BCUT2D eigenvalue weighted by Crippen LogP contribution is 2.31. The number of carbonyl (C=O) groups excluding carboxylic acids is 1. The summed E-state index contributed by atoms with van der Waals surface area (Å²) in [5.41, 5.74) is 2.80. The second-order valence-corrected chi connectivity index (χ2v) is 6.22. The lowest BCUT2D eigenvalue weighted by atomic mass is 10.1. The maximum atomic E-state index is 12.8. The van der Waals surface area contributed by atoms with E-state index < -0.39 is 0 Å². The van der Waals surface area contributed by atoms with Gasteiger partial charge in [-0.3, -0.25) is 4.79 Å². The number of fused-ring (bicyclic) bond motifs is 1. The van der Waals surface area contributed by atoms with Gasteiger partial charge in [0.2, 0.25) is 0 Å².